The number of hydrogen-bond acceptors (Lipinski definition) is 4. The van der Waals surface area contributed by atoms with Gasteiger partial charge in [-0.25, -0.2) is 4.39 Å². The molecule has 8 nitrogen and oxygen atoms in total. The Kier molecular flexibility index (Phi) is 9.72. The summed E-state index contributed by atoms with van der Waals surface area (Å²) in [5.74, 6) is -1.44. The van der Waals surface area contributed by atoms with Gasteiger partial charge in [-0.15, -0.1) is 0 Å². The number of halogens is 1. The molecule has 9 heteroatoms. The zero-order valence-corrected chi connectivity index (χ0v) is 24.5. The first-order valence-electron chi connectivity index (χ1n) is 14.1. The summed E-state index contributed by atoms with van der Waals surface area (Å²) >= 11 is 0. The van der Waals surface area contributed by atoms with Crippen molar-refractivity contribution in [3.8, 4) is 0 Å². The van der Waals surface area contributed by atoms with Gasteiger partial charge in [0, 0.05) is 52.9 Å². The van der Waals surface area contributed by atoms with Crippen LogP contribution in [0, 0.1) is 0 Å². The van der Waals surface area contributed by atoms with E-state index in [4.69, 9.17) is 0 Å². The van der Waals surface area contributed by atoms with E-state index in [-0.39, 0.29) is 55.0 Å². The van der Waals surface area contributed by atoms with Crippen LogP contribution in [0.4, 0.5) is 4.39 Å². The second-order valence-electron chi connectivity index (χ2n) is 10.9. The quantitative estimate of drug-likeness (QED) is 0.313. The molecular weight excluding hydrogens is 535 g/mol. The van der Waals surface area contributed by atoms with Crippen molar-refractivity contribution in [2.24, 2.45) is 0 Å². The molecule has 0 radical (unpaired) electrons. The molecule has 42 heavy (non-hydrogen) atoms. The summed E-state index contributed by atoms with van der Waals surface area (Å²) in [7, 11) is 0. The highest BCUT2D eigenvalue weighted by molar-refractivity contribution is 6.09. The Balaban J connectivity index is 1.47. The molecule has 0 atom stereocenters. The predicted octanol–water partition coefficient (Wildman–Crippen LogP) is 5.09. The minimum atomic E-state index is -0.387. The van der Waals surface area contributed by atoms with Crippen LogP contribution in [0.5, 0.6) is 0 Å². The lowest BCUT2D eigenvalue weighted by molar-refractivity contribution is -0.138. The topological polar surface area (TPSA) is 101 Å². The van der Waals surface area contributed by atoms with Gasteiger partial charge in [0.2, 0.25) is 11.8 Å². The molecule has 0 bridgehead atoms. The fourth-order valence-electron chi connectivity index (χ4n) is 5.02. The maximum atomic E-state index is 14.4. The number of ketones is 1. The fourth-order valence-corrected chi connectivity index (χ4v) is 5.02. The van der Waals surface area contributed by atoms with Crippen molar-refractivity contribution in [1.82, 2.24) is 20.1 Å². The predicted molar refractivity (Wildman–Crippen MR) is 161 cm³/mol. The number of benzene rings is 2. The highest BCUT2D eigenvalue weighted by Gasteiger charge is 2.23. The van der Waals surface area contributed by atoms with E-state index in [9.17, 15) is 23.6 Å². The summed E-state index contributed by atoms with van der Waals surface area (Å²) in [6.45, 7) is 6.96. The summed E-state index contributed by atoms with van der Waals surface area (Å²) in [4.78, 5) is 52.9. The van der Waals surface area contributed by atoms with Gasteiger partial charge in [-0.05, 0) is 69.9 Å². The number of carbonyl (C=O) groups is 4. The molecule has 3 amide bonds. The minimum absolute atomic E-state index is 0.0631. The van der Waals surface area contributed by atoms with Crippen molar-refractivity contribution in [1.29, 1.82) is 0 Å². The monoisotopic (exact) mass is 572 g/mol. The smallest absolute Gasteiger partial charge is 0.251 e. The average Bonchev–Trinajstić information content (AvgIpc) is 3.33. The van der Waals surface area contributed by atoms with E-state index >= 15 is 0 Å². The molecule has 1 aromatic heterocycles. The van der Waals surface area contributed by atoms with E-state index in [1.54, 1.807) is 42.0 Å². The van der Waals surface area contributed by atoms with E-state index in [0.717, 1.165) is 12.0 Å². The second-order valence-corrected chi connectivity index (χ2v) is 10.9. The number of hydrogen-bond donors (Lipinski definition) is 2. The molecule has 1 aliphatic rings. The Morgan fingerprint density at radius 2 is 1.76 bits per heavy atom. The molecule has 0 saturated heterocycles. The number of aromatic nitrogens is 1. The van der Waals surface area contributed by atoms with Gasteiger partial charge >= 0.3 is 0 Å². The third-order valence-corrected chi connectivity index (χ3v) is 7.42. The third-order valence-electron chi connectivity index (χ3n) is 7.42. The first-order valence-corrected chi connectivity index (χ1v) is 14.1. The number of carbonyl (C=O) groups excluding carboxylic acids is 4. The number of rotatable bonds is 11. The zero-order chi connectivity index (χ0) is 30.4. The fraction of sp³-hybridized carbons (Fsp3) is 0.333. The molecule has 3 aromatic rings. The molecule has 220 valence electrons. The van der Waals surface area contributed by atoms with Crippen molar-refractivity contribution in [3.05, 3.63) is 94.5 Å². The van der Waals surface area contributed by atoms with Gasteiger partial charge in [-0.3, -0.25) is 19.2 Å². The van der Waals surface area contributed by atoms with Gasteiger partial charge in [-0.1, -0.05) is 36.4 Å². The van der Waals surface area contributed by atoms with Crippen LogP contribution >= 0.6 is 0 Å². The van der Waals surface area contributed by atoms with Crippen LogP contribution in [0.25, 0.3) is 10.9 Å². The summed E-state index contributed by atoms with van der Waals surface area (Å²) in [5.41, 5.74) is 3.52. The van der Waals surface area contributed by atoms with E-state index in [1.165, 1.54) is 11.8 Å². The van der Waals surface area contributed by atoms with Crippen LogP contribution in [0.15, 0.2) is 77.8 Å². The van der Waals surface area contributed by atoms with Crippen molar-refractivity contribution < 1.29 is 23.6 Å². The summed E-state index contributed by atoms with van der Waals surface area (Å²) in [6, 6.07) is 14.3. The van der Waals surface area contributed by atoms with Crippen molar-refractivity contribution >= 4 is 34.4 Å². The van der Waals surface area contributed by atoms with Crippen molar-refractivity contribution in [2.45, 2.75) is 59.7 Å². The average molecular weight is 573 g/mol. The van der Waals surface area contributed by atoms with Crippen LogP contribution in [-0.4, -0.2) is 52.1 Å². The van der Waals surface area contributed by atoms with Gasteiger partial charge in [-0.2, -0.15) is 0 Å². The van der Waals surface area contributed by atoms with Crippen LogP contribution in [-0.2, 0) is 22.7 Å². The first kappa shape index (κ1) is 30.4. The first-order chi connectivity index (χ1) is 20.0. The molecule has 0 saturated carbocycles. The summed E-state index contributed by atoms with van der Waals surface area (Å²) in [5, 5.41) is 6.19. The molecule has 1 aliphatic carbocycles. The van der Waals surface area contributed by atoms with E-state index in [0.29, 0.717) is 46.1 Å². The molecule has 0 spiro atoms. The standard InChI is InChI=1S/C33H37FN4O4/c1-21(2)38(19-30(40)35-17-26-12-8-9-22(3)32(26)34)31(41)20-37-18-28(23(4)39)27-15-25(13-14-29(27)37)33(42)36-16-24-10-6-5-7-11-24/h5-7,10-15,18,21H,8-9,16-17,19-20H2,1-4H3,(H,35,40)(H,36,42). The van der Waals surface area contributed by atoms with Crippen LogP contribution < -0.4 is 10.6 Å². The third kappa shape index (κ3) is 7.21. The number of nitrogens with one attached hydrogen (secondary N) is 2. The number of Topliss-reactive ketones (excluding diaryl/α,β-unsaturated/α-hetero) is 1. The lowest BCUT2D eigenvalue weighted by Crippen LogP contribution is -2.45. The largest absolute Gasteiger partial charge is 0.350 e. The van der Waals surface area contributed by atoms with E-state index in [1.807, 2.05) is 44.2 Å². The Morgan fingerprint density at radius 1 is 1.02 bits per heavy atom. The van der Waals surface area contributed by atoms with Crippen molar-refractivity contribution in [2.75, 3.05) is 13.1 Å². The summed E-state index contributed by atoms with van der Waals surface area (Å²) in [6.07, 6.45) is 4.80. The van der Waals surface area contributed by atoms with Gasteiger partial charge in [0.05, 0.1) is 6.54 Å². The van der Waals surface area contributed by atoms with Gasteiger partial charge < -0.3 is 20.1 Å². The normalized spacial score (nSPS) is 13.2. The molecule has 0 fully saturated rings. The molecule has 0 unspecified atom stereocenters. The second kappa shape index (κ2) is 13.4. The van der Waals surface area contributed by atoms with E-state index in [2.05, 4.69) is 10.6 Å². The Morgan fingerprint density at radius 3 is 2.45 bits per heavy atom. The molecule has 4 rings (SSSR count). The number of fused-ring (bicyclic) bond motifs is 1. The molecule has 0 aliphatic heterocycles. The highest BCUT2D eigenvalue weighted by Crippen LogP contribution is 2.26. The van der Waals surface area contributed by atoms with Gasteiger partial charge in [0.1, 0.15) is 12.4 Å². The Bertz CT molecular complexity index is 1570. The Labute approximate surface area is 245 Å². The maximum absolute atomic E-state index is 14.4. The molecular formula is C33H37FN4O4. The number of allylic oxidation sites excluding steroid dienone is 2. The molecule has 2 N–H and O–H groups in total. The van der Waals surface area contributed by atoms with Crippen LogP contribution in [0.1, 0.15) is 66.8 Å². The Hall–Kier alpha value is -4.53. The number of nitrogens with zero attached hydrogens (tertiary/aromatic N) is 2. The number of amides is 3. The molecule has 1 heterocycles. The van der Waals surface area contributed by atoms with Gasteiger partial charge in [0.15, 0.2) is 5.78 Å². The zero-order valence-electron chi connectivity index (χ0n) is 24.5. The van der Waals surface area contributed by atoms with Crippen LogP contribution in [0.3, 0.4) is 0 Å². The maximum Gasteiger partial charge on any atom is 0.251 e. The SMILES string of the molecule is CC(=O)c1cn(CC(=O)N(CC(=O)NCC2=CCCC(C)=C2F)C(C)C)c2ccc(C(=O)NCc3ccccc3)cc12. The lowest BCUT2D eigenvalue weighted by atomic mass is 9.99. The highest BCUT2D eigenvalue weighted by atomic mass is 19.1. The molecule has 2 aromatic carbocycles. The lowest BCUT2D eigenvalue weighted by Gasteiger charge is -2.27. The van der Waals surface area contributed by atoms with Crippen LogP contribution in [0.2, 0.25) is 0 Å². The minimum Gasteiger partial charge on any atom is -0.350 e. The van der Waals surface area contributed by atoms with E-state index < -0.39 is 0 Å². The van der Waals surface area contributed by atoms with Gasteiger partial charge in [0.25, 0.3) is 5.91 Å². The van der Waals surface area contributed by atoms with Crippen molar-refractivity contribution in [3.63, 3.8) is 0 Å². The summed E-state index contributed by atoms with van der Waals surface area (Å²) < 4.78 is 16.0.